The van der Waals surface area contributed by atoms with Gasteiger partial charge in [-0.05, 0) is 57.1 Å². The molecule has 2 aliphatic heterocycles. The number of carbonyl (C=O) groups excluding carboxylic acids is 2. The number of nitrogens with zero attached hydrogens (tertiary/aromatic N) is 3. The van der Waals surface area contributed by atoms with Gasteiger partial charge in [0.2, 0.25) is 0 Å². The second-order valence-corrected chi connectivity index (χ2v) is 9.12. The number of piperidine rings is 1. The maximum atomic E-state index is 13.7. The molecule has 0 saturated carbocycles. The lowest BCUT2D eigenvalue weighted by Crippen LogP contribution is -2.43. The average molecular weight is 510 g/mol. The minimum Gasteiger partial charge on any atom is -0.497 e. The molecule has 9 heteroatoms. The van der Waals surface area contributed by atoms with Crippen LogP contribution in [0, 0.1) is 5.92 Å². The van der Waals surface area contributed by atoms with E-state index in [2.05, 4.69) is 4.90 Å². The number of methoxy groups -OCH3 is 3. The van der Waals surface area contributed by atoms with Crippen molar-refractivity contribution in [3.05, 3.63) is 53.6 Å². The van der Waals surface area contributed by atoms with Gasteiger partial charge in [0.15, 0.2) is 0 Å². The Labute approximate surface area is 217 Å². The first-order valence-corrected chi connectivity index (χ1v) is 12.6. The molecule has 2 heterocycles. The molecule has 0 radical (unpaired) electrons. The molecule has 0 bridgehead atoms. The molecular formula is C28H35N3O6. The fourth-order valence-corrected chi connectivity index (χ4v) is 4.97. The molecule has 37 heavy (non-hydrogen) atoms. The number of ether oxygens (including phenoxy) is 4. The van der Waals surface area contributed by atoms with Crippen molar-refractivity contribution in [3.8, 4) is 17.2 Å². The minimum atomic E-state index is -0.342. The zero-order chi connectivity index (χ0) is 26.4. The summed E-state index contributed by atoms with van der Waals surface area (Å²) in [5.74, 6) is 1.65. The molecule has 1 unspecified atom stereocenters. The molecular weight excluding hydrogens is 474 g/mol. The van der Waals surface area contributed by atoms with Crippen molar-refractivity contribution in [1.82, 2.24) is 9.91 Å². The van der Waals surface area contributed by atoms with Crippen molar-refractivity contribution in [2.75, 3.05) is 47.6 Å². The molecule has 0 aliphatic carbocycles. The van der Waals surface area contributed by atoms with Crippen LogP contribution in [0.2, 0.25) is 0 Å². The quantitative estimate of drug-likeness (QED) is 0.477. The topological polar surface area (TPSA) is 89.9 Å². The summed E-state index contributed by atoms with van der Waals surface area (Å²) >= 11 is 0. The molecule has 4 rings (SSSR count). The highest BCUT2D eigenvalue weighted by Crippen LogP contribution is 2.40. The van der Waals surface area contributed by atoms with Crippen LogP contribution < -0.4 is 14.2 Å². The van der Waals surface area contributed by atoms with Crippen LogP contribution >= 0.6 is 0 Å². The minimum absolute atomic E-state index is 0.107. The third kappa shape index (κ3) is 5.88. The van der Waals surface area contributed by atoms with Gasteiger partial charge in [-0.1, -0.05) is 12.1 Å². The Morgan fingerprint density at radius 1 is 0.973 bits per heavy atom. The van der Waals surface area contributed by atoms with Crippen molar-refractivity contribution >= 4 is 17.6 Å². The van der Waals surface area contributed by atoms with Crippen LogP contribution in [0.15, 0.2) is 47.6 Å². The largest absolute Gasteiger partial charge is 0.497 e. The van der Waals surface area contributed by atoms with Crippen molar-refractivity contribution in [2.24, 2.45) is 11.0 Å². The Kier molecular flexibility index (Phi) is 8.66. The molecule has 198 valence electrons. The molecule has 1 saturated heterocycles. The van der Waals surface area contributed by atoms with Gasteiger partial charge in [0.25, 0.3) is 5.91 Å². The second-order valence-electron chi connectivity index (χ2n) is 9.12. The number of hydrogen-bond acceptors (Lipinski definition) is 8. The summed E-state index contributed by atoms with van der Waals surface area (Å²) < 4.78 is 21.8. The van der Waals surface area contributed by atoms with Gasteiger partial charge in [-0.15, -0.1) is 0 Å². The van der Waals surface area contributed by atoms with Crippen LogP contribution in [-0.4, -0.2) is 75.1 Å². The number of esters is 1. The maximum Gasteiger partial charge on any atom is 0.309 e. The van der Waals surface area contributed by atoms with E-state index >= 15 is 0 Å². The van der Waals surface area contributed by atoms with Gasteiger partial charge in [0, 0.05) is 23.6 Å². The molecule has 2 aliphatic rings. The summed E-state index contributed by atoms with van der Waals surface area (Å²) in [4.78, 5) is 27.8. The fraction of sp³-hybridized carbons (Fsp3) is 0.464. The number of hydrogen-bond donors (Lipinski definition) is 0. The second kappa shape index (κ2) is 12.1. The normalized spacial score (nSPS) is 18.3. The van der Waals surface area contributed by atoms with Crippen molar-refractivity contribution in [1.29, 1.82) is 0 Å². The number of para-hydroxylation sites is 1. The molecule has 1 fully saturated rings. The lowest BCUT2D eigenvalue weighted by atomic mass is 9.96. The van der Waals surface area contributed by atoms with Gasteiger partial charge in [0.1, 0.15) is 17.2 Å². The Morgan fingerprint density at radius 2 is 1.70 bits per heavy atom. The molecule has 0 aromatic heterocycles. The van der Waals surface area contributed by atoms with Gasteiger partial charge >= 0.3 is 5.97 Å². The van der Waals surface area contributed by atoms with Crippen molar-refractivity contribution in [3.63, 3.8) is 0 Å². The smallest absolute Gasteiger partial charge is 0.309 e. The monoisotopic (exact) mass is 509 g/mol. The van der Waals surface area contributed by atoms with Gasteiger partial charge in [-0.25, -0.2) is 5.01 Å². The molecule has 2 aromatic rings. The summed E-state index contributed by atoms with van der Waals surface area (Å²) in [7, 11) is 4.84. The lowest BCUT2D eigenvalue weighted by molar-refractivity contribution is -0.149. The van der Waals surface area contributed by atoms with Crippen molar-refractivity contribution < 1.29 is 28.5 Å². The molecule has 0 spiro atoms. The van der Waals surface area contributed by atoms with Crippen LogP contribution in [-0.2, 0) is 14.3 Å². The molecule has 1 atom stereocenters. The highest BCUT2D eigenvalue weighted by molar-refractivity contribution is 6.05. The zero-order valence-corrected chi connectivity index (χ0v) is 21.9. The summed E-state index contributed by atoms with van der Waals surface area (Å²) in [6, 6.07) is 12.9. The molecule has 2 aromatic carbocycles. The van der Waals surface area contributed by atoms with Crippen LogP contribution in [0.4, 0.5) is 0 Å². The predicted octanol–water partition coefficient (Wildman–Crippen LogP) is 3.67. The van der Waals surface area contributed by atoms with Crippen molar-refractivity contribution in [2.45, 2.75) is 32.2 Å². The Hall–Kier alpha value is -3.59. The first kappa shape index (κ1) is 26.5. The van der Waals surface area contributed by atoms with Crippen LogP contribution in [0.5, 0.6) is 17.2 Å². The number of rotatable bonds is 9. The standard InChI is InChI=1S/C28H35N3O6/c1-5-37-28(33)19-12-14-30(15-13-19)18-27(32)31-24(22-11-10-20(34-2)16-26(22)36-4)17-23(29-31)21-8-6-7-9-25(21)35-3/h6-11,16,19,24H,5,12-15,17-18H2,1-4H3. The Balaban J connectivity index is 1.58. The molecule has 9 nitrogen and oxygen atoms in total. The number of benzene rings is 2. The summed E-state index contributed by atoms with van der Waals surface area (Å²) in [6.07, 6.45) is 1.87. The van der Waals surface area contributed by atoms with E-state index in [1.165, 1.54) is 0 Å². The molecule has 1 amide bonds. The van der Waals surface area contributed by atoms with E-state index in [4.69, 9.17) is 24.0 Å². The summed E-state index contributed by atoms with van der Waals surface area (Å²) in [6.45, 7) is 3.73. The van der Waals surface area contributed by atoms with E-state index < -0.39 is 0 Å². The first-order chi connectivity index (χ1) is 18.0. The van der Waals surface area contributed by atoms with Crippen LogP contribution in [0.25, 0.3) is 0 Å². The van der Waals surface area contributed by atoms with Gasteiger partial charge < -0.3 is 18.9 Å². The average Bonchev–Trinajstić information content (AvgIpc) is 3.38. The molecule has 0 N–H and O–H groups in total. The predicted molar refractivity (Wildman–Crippen MR) is 139 cm³/mol. The Morgan fingerprint density at radius 3 is 2.38 bits per heavy atom. The van der Waals surface area contributed by atoms with E-state index in [0.29, 0.717) is 56.2 Å². The van der Waals surface area contributed by atoms with Gasteiger partial charge in [0.05, 0.1) is 52.2 Å². The number of amides is 1. The lowest BCUT2D eigenvalue weighted by Gasteiger charge is -2.32. The Bertz CT molecular complexity index is 1140. The van der Waals surface area contributed by atoms with E-state index in [-0.39, 0.29) is 30.4 Å². The first-order valence-electron chi connectivity index (χ1n) is 12.6. The fourth-order valence-electron chi connectivity index (χ4n) is 4.97. The third-order valence-corrected chi connectivity index (χ3v) is 6.95. The number of hydrazone groups is 1. The third-order valence-electron chi connectivity index (χ3n) is 6.95. The van der Waals surface area contributed by atoms with Gasteiger partial charge in [-0.3, -0.25) is 14.5 Å². The van der Waals surface area contributed by atoms with Gasteiger partial charge in [-0.2, -0.15) is 5.10 Å². The summed E-state index contributed by atoms with van der Waals surface area (Å²) in [5.41, 5.74) is 2.48. The number of likely N-dealkylation sites (tertiary alicyclic amines) is 1. The highest BCUT2D eigenvalue weighted by Gasteiger charge is 2.37. The van der Waals surface area contributed by atoms with Crippen LogP contribution in [0.1, 0.15) is 43.4 Å². The zero-order valence-electron chi connectivity index (χ0n) is 21.9. The van der Waals surface area contributed by atoms with E-state index in [1.807, 2.05) is 49.4 Å². The highest BCUT2D eigenvalue weighted by atomic mass is 16.5. The summed E-state index contributed by atoms with van der Waals surface area (Å²) in [5, 5.41) is 6.38. The van der Waals surface area contributed by atoms with Crippen LogP contribution in [0.3, 0.4) is 0 Å². The SMILES string of the molecule is CCOC(=O)C1CCN(CC(=O)N2N=C(c3ccccc3OC)CC2c2ccc(OC)cc2OC)CC1. The van der Waals surface area contributed by atoms with E-state index in [9.17, 15) is 9.59 Å². The van der Waals surface area contributed by atoms with E-state index in [0.717, 1.165) is 16.8 Å². The maximum absolute atomic E-state index is 13.7. The number of carbonyl (C=O) groups is 2. The van der Waals surface area contributed by atoms with E-state index in [1.54, 1.807) is 26.3 Å².